The van der Waals surface area contributed by atoms with E-state index >= 15 is 0 Å². The highest BCUT2D eigenvalue weighted by molar-refractivity contribution is 6.33. The standard InChI is InChI=1S/C16H22ClNO2/c1-16(2,3)20-15(19)12(11-5-6-11)8-10-4-7-13(17)14(18)9-10/h4,7,9,11-12H,5-6,8,18H2,1-3H3. The largest absolute Gasteiger partial charge is 0.460 e. The second-order valence-electron chi connectivity index (χ2n) is 6.54. The highest BCUT2D eigenvalue weighted by Crippen LogP contribution is 2.40. The second-order valence-corrected chi connectivity index (χ2v) is 6.94. The molecule has 0 bridgehead atoms. The zero-order valence-corrected chi connectivity index (χ0v) is 13.0. The predicted octanol–water partition coefficient (Wildman–Crippen LogP) is 3.83. The van der Waals surface area contributed by atoms with E-state index in [1.807, 2.05) is 32.9 Å². The highest BCUT2D eigenvalue weighted by Gasteiger charge is 2.38. The van der Waals surface area contributed by atoms with Crippen molar-refractivity contribution >= 4 is 23.3 Å². The molecule has 1 atom stereocenters. The number of nitrogen functional groups attached to an aromatic ring is 1. The molecule has 1 aliphatic rings. The topological polar surface area (TPSA) is 52.3 Å². The van der Waals surface area contributed by atoms with Crippen LogP contribution >= 0.6 is 11.6 Å². The number of halogens is 1. The molecule has 0 radical (unpaired) electrons. The van der Waals surface area contributed by atoms with Crippen LogP contribution in [0.3, 0.4) is 0 Å². The lowest BCUT2D eigenvalue weighted by Gasteiger charge is -2.24. The van der Waals surface area contributed by atoms with Crippen molar-refractivity contribution in [2.75, 3.05) is 5.73 Å². The number of hydrogen-bond acceptors (Lipinski definition) is 3. The third kappa shape index (κ3) is 4.14. The van der Waals surface area contributed by atoms with Crippen LogP contribution in [0.5, 0.6) is 0 Å². The molecule has 3 nitrogen and oxygen atoms in total. The predicted molar refractivity (Wildman–Crippen MR) is 81.6 cm³/mol. The average Bonchev–Trinajstić information content (AvgIpc) is 3.12. The van der Waals surface area contributed by atoms with Crippen molar-refractivity contribution in [3.8, 4) is 0 Å². The number of esters is 1. The van der Waals surface area contributed by atoms with Gasteiger partial charge in [0.05, 0.1) is 16.6 Å². The zero-order valence-electron chi connectivity index (χ0n) is 12.3. The summed E-state index contributed by atoms with van der Waals surface area (Å²) in [7, 11) is 0. The van der Waals surface area contributed by atoms with Gasteiger partial charge in [-0.25, -0.2) is 0 Å². The lowest BCUT2D eigenvalue weighted by Crippen LogP contribution is -2.30. The molecule has 0 amide bonds. The van der Waals surface area contributed by atoms with Crippen molar-refractivity contribution in [3.63, 3.8) is 0 Å². The van der Waals surface area contributed by atoms with Crippen LogP contribution in [-0.4, -0.2) is 11.6 Å². The van der Waals surface area contributed by atoms with E-state index in [9.17, 15) is 4.79 Å². The second kappa shape index (κ2) is 5.65. The van der Waals surface area contributed by atoms with Crippen LogP contribution in [0.15, 0.2) is 18.2 Å². The van der Waals surface area contributed by atoms with Crippen molar-refractivity contribution in [3.05, 3.63) is 28.8 Å². The van der Waals surface area contributed by atoms with Gasteiger partial charge < -0.3 is 10.5 Å². The summed E-state index contributed by atoms with van der Waals surface area (Å²) in [6.45, 7) is 5.69. The minimum absolute atomic E-state index is 0.0743. The maximum Gasteiger partial charge on any atom is 0.310 e. The van der Waals surface area contributed by atoms with E-state index in [1.54, 1.807) is 6.07 Å². The van der Waals surface area contributed by atoms with E-state index in [0.29, 0.717) is 23.0 Å². The Labute approximate surface area is 125 Å². The molecule has 2 rings (SSSR count). The summed E-state index contributed by atoms with van der Waals surface area (Å²) in [6, 6.07) is 5.56. The summed E-state index contributed by atoms with van der Waals surface area (Å²) in [4.78, 5) is 12.3. The maximum atomic E-state index is 12.3. The molecule has 2 N–H and O–H groups in total. The summed E-state index contributed by atoms with van der Waals surface area (Å²) in [5, 5.41) is 0.550. The van der Waals surface area contributed by atoms with Crippen LogP contribution in [0.2, 0.25) is 5.02 Å². The van der Waals surface area contributed by atoms with E-state index in [0.717, 1.165) is 18.4 Å². The van der Waals surface area contributed by atoms with Crippen molar-refractivity contribution < 1.29 is 9.53 Å². The molecule has 1 fully saturated rings. The third-order valence-electron chi connectivity index (χ3n) is 3.42. The first-order valence-electron chi connectivity index (χ1n) is 7.03. The van der Waals surface area contributed by atoms with Gasteiger partial charge in [0.15, 0.2) is 0 Å². The Kier molecular flexibility index (Phi) is 4.28. The summed E-state index contributed by atoms with van der Waals surface area (Å²) in [6.07, 6.45) is 2.88. The van der Waals surface area contributed by atoms with Gasteiger partial charge in [0.2, 0.25) is 0 Å². The number of nitrogens with two attached hydrogens (primary N) is 1. The number of rotatable bonds is 4. The van der Waals surface area contributed by atoms with Crippen LogP contribution in [-0.2, 0) is 16.0 Å². The van der Waals surface area contributed by atoms with Gasteiger partial charge in [-0.15, -0.1) is 0 Å². The summed E-state index contributed by atoms with van der Waals surface area (Å²) in [5.41, 5.74) is 6.97. The summed E-state index contributed by atoms with van der Waals surface area (Å²) in [5.74, 6) is 0.269. The van der Waals surface area contributed by atoms with E-state index in [1.165, 1.54) is 0 Å². The Morgan fingerprint density at radius 1 is 1.45 bits per heavy atom. The molecule has 0 saturated heterocycles. The van der Waals surface area contributed by atoms with Crippen LogP contribution in [0.25, 0.3) is 0 Å². The molecule has 0 aromatic heterocycles. The fraction of sp³-hybridized carbons (Fsp3) is 0.562. The lowest BCUT2D eigenvalue weighted by atomic mass is 9.94. The van der Waals surface area contributed by atoms with Crippen LogP contribution in [0, 0.1) is 11.8 Å². The van der Waals surface area contributed by atoms with Gasteiger partial charge in [0, 0.05) is 0 Å². The smallest absolute Gasteiger partial charge is 0.310 e. The normalized spacial score (nSPS) is 16.8. The van der Waals surface area contributed by atoms with Crippen molar-refractivity contribution in [1.82, 2.24) is 0 Å². The van der Waals surface area contributed by atoms with Gasteiger partial charge in [0.1, 0.15) is 5.60 Å². The molecule has 1 aromatic rings. The molecule has 0 heterocycles. The van der Waals surface area contributed by atoms with Gasteiger partial charge >= 0.3 is 5.97 Å². The monoisotopic (exact) mass is 295 g/mol. The minimum atomic E-state index is -0.441. The van der Waals surface area contributed by atoms with E-state index in [2.05, 4.69) is 0 Å². The van der Waals surface area contributed by atoms with E-state index < -0.39 is 5.60 Å². The van der Waals surface area contributed by atoms with E-state index in [-0.39, 0.29) is 11.9 Å². The summed E-state index contributed by atoms with van der Waals surface area (Å²) < 4.78 is 5.53. The molecule has 1 aromatic carbocycles. The molecule has 1 saturated carbocycles. The number of carbonyl (C=O) groups excluding carboxylic acids is 1. The zero-order chi connectivity index (χ0) is 14.9. The first kappa shape index (κ1) is 15.2. The fourth-order valence-electron chi connectivity index (χ4n) is 2.29. The summed E-state index contributed by atoms with van der Waals surface area (Å²) >= 11 is 5.93. The van der Waals surface area contributed by atoms with Crippen molar-refractivity contribution in [2.45, 2.75) is 45.6 Å². The number of ether oxygens (including phenoxy) is 1. The molecular weight excluding hydrogens is 274 g/mol. The Balaban J connectivity index is 2.09. The number of hydrogen-bond donors (Lipinski definition) is 1. The number of anilines is 1. The molecule has 0 aliphatic heterocycles. The Morgan fingerprint density at radius 2 is 2.10 bits per heavy atom. The van der Waals surface area contributed by atoms with Gasteiger partial charge in [0.25, 0.3) is 0 Å². The molecular formula is C16H22ClNO2. The van der Waals surface area contributed by atoms with Crippen LogP contribution < -0.4 is 5.73 Å². The van der Waals surface area contributed by atoms with Crippen molar-refractivity contribution in [2.24, 2.45) is 11.8 Å². The highest BCUT2D eigenvalue weighted by atomic mass is 35.5. The number of carbonyl (C=O) groups is 1. The van der Waals surface area contributed by atoms with E-state index in [4.69, 9.17) is 22.1 Å². The number of benzene rings is 1. The first-order chi connectivity index (χ1) is 9.26. The average molecular weight is 296 g/mol. The molecule has 4 heteroatoms. The SMILES string of the molecule is CC(C)(C)OC(=O)C(Cc1ccc(Cl)c(N)c1)C1CC1. The van der Waals surface area contributed by atoms with Gasteiger partial charge in [-0.05, 0) is 63.6 Å². The Morgan fingerprint density at radius 3 is 2.60 bits per heavy atom. The van der Waals surface area contributed by atoms with Crippen LogP contribution in [0.4, 0.5) is 5.69 Å². The Bertz CT molecular complexity index is 504. The van der Waals surface area contributed by atoms with Crippen molar-refractivity contribution in [1.29, 1.82) is 0 Å². The fourth-order valence-corrected chi connectivity index (χ4v) is 2.41. The molecule has 110 valence electrons. The molecule has 1 unspecified atom stereocenters. The third-order valence-corrected chi connectivity index (χ3v) is 3.76. The quantitative estimate of drug-likeness (QED) is 0.678. The van der Waals surface area contributed by atoms with Gasteiger partial charge in [-0.1, -0.05) is 17.7 Å². The minimum Gasteiger partial charge on any atom is -0.460 e. The molecule has 20 heavy (non-hydrogen) atoms. The van der Waals surface area contributed by atoms with Crippen LogP contribution in [0.1, 0.15) is 39.2 Å². The van der Waals surface area contributed by atoms with Gasteiger partial charge in [-0.2, -0.15) is 0 Å². The maximum absolute atomic E-state index is 12.3. The van der Waals surface area contributed by atoms with Gasteiger partial charge in [-0.3, -0.25) is 4.79 Å². The molecule has 0 spiro atoms. The lowest BCUT2D eigenvalue weighted by molar-refractivity contribution is -0.160. The molecule has 1 aliphatic carbocycles. The Hall–Kier alpha value is -1.22. The first-order valence-corrected chi connectivity index (χ1v) is 7.41.